The van der Waals surface area contributed by atoms with Crippen molar-refractivity contribution in [2.75, 3.05) is 0 Å². The van der Waals surface area contributed by atoms with Crippen LogP contribution in [-0.4, -0.2) is 9.78 Å². The van der Waals surface area contributed by atoms with E-state index in [4.69, 9.17) is 0 Å². The summed E-state index contributed by atoms with van der Waals surface area (Å²) in [6.45, 7) is 2.00. The summed E-state index contributed by atoms with van der Waals surface area (Å²) >= 11 is 0. The van der Waals surface area contributed by atoms with Crippen molar-refractivity contribution in [1.82, 2.24) is 9.78 Å². The Kier molecular flexibility index (Phi) is 2.00. The van der Waals surface area contributed by atoms with Gasteiger partial charge in [-0.2, -0.15) is 5.10 Å². The third kappa shape index (κ3) is 1.48. The fourth-order valence-corrected chi connectivity index (χ4v) is 1.88. The Balaban J connectivity index is 2.18. The maximum absolute atomic E-state index is 4.40. The number of aryl methyl sites for hydroxylation is 1. The first-order chi connectivity index (χ1) is 7.83. The van der Waals surface area contributed by atoms with Crippen molar-refractivity contribution >= 4 is 10.8 Å². The predicted octanol–water partition coefficient (Wildman–Crippen LogP) is 3.33. The largest absolute Gasteiger partial charge is 0.241 e. The summed E-state index contributed by atoms with van der Waals surface area (Å²) in [5.74, 6) is 0. The molecule has 0 bridgehead atoms. The molecule has 0 atom stereocenters. The molecular formula is C14H12N2. The van der Waals surface area contributed by atoms with E-state index in [1.54, 1.807) is 0 Å². The molecular weight excluding hydrogens is 196 g/mol. The minimum atomic E-state index is 1.04. The van der Waals surface area contributed by atoms with Crippen molar-refractivity contribution in [2.24, 2.45) is 0 Å². The van der Waals surface area contributed by atoms with E-state index in [0.717, 1.165) is 11.4 Å². The van der Waals surface area contributed by atoms with Crippen molar-refractivity contribution in [3.8, 4) is 5.69 Å². The van der Waals surface area contributed by atoms with Crippen LogP contribution in [0.3, 0.4) is 0 Å². The predicted molar refractivity (Wildman–Crippen MR) is 65.8 cm³/mol. The quantitative estimate of drug-likeness (QED) is 0.599. The summed E-state index contributed by atoms with van der Waals surface area (Å²) in [4.78, 5) is 0. The fourth-order valence-electron chi connectivity index (χ4n) is 1.88. The summed E-state index contributed by atoms with van der Waals surface area (Å²) in [7, 11) is 0. The summed E-state index contributed by atoms with van der Waals surface area (Å²) < 4.78 is 1.90. The molecule has 0 spiro atoms. The molecule has 0 amide bonds. The molecule has 0 fully saturated rings. The zero-order valence-corrected chi connectivity index (χ0v) is 9.09. The number of aromatic nitrogens is 2. The molecule has 2 nitrogen and oxygen atoms in total. The third-order valence-corrected chi connectivity index (χ3v) is 2.72. The van der Waals surface area contributed by atoms with Gasteiger partial charge >= 0.3 is 0 Å². The van der Waals surface area contributed by atoms with Crippen LogP contribution in [0.25, 0.3) is 16.5 Å². The smallest absolute Gasteiger partial charge is 0.0652 e. The summed E-state index contributed by atoms with van der Waals surface area (Å²) in [5.41, 5.74) is 2.14. The second kappa shape index (κ2) is 3.49. The lowest BCUT2D eigenvalue weighted by Gasteiger charge is -2.03. The Hall–Kier alpha value is -2.09. The first-order valence-corrected chi connectivity index (χ1v) is 5.34. The summed E-state index contributed by atoms with van der Waals surface area (Å²) in [5, 5.41) is 6.91. The van der Waals surface area contributed by atoms with Gasteiger partial charge in [-0.1, -0.05) is 30.3 Å². The molecule has 1 heterocycles. The molecule has 0 saturated carbocycles. The van der Waals surface area contributed by atoms with Gasteiger partial charge in [0.1, 0.15) is 0 Å². The molecule has 0 radical (unpaired) electrons. The molecule has 0 aliphatic rings. The molecule has 2 aromatic carbocycles. The fraction of sp³-hybridized carbons (Fsp3) is 0.0714. The number of fused-ring (bicyclic) bond motifs is 1. The molecule has 2 heteroatoms. The van der Waals surface area contributed by atoms with Crippen molar-refractivity contribution in [1.29, 1.82) is 0 Å². The van der Waals surface area contributed by atoms with Gasteiger partial charge in [0.15, 0.2) is 0 Å². The van der Waals surface area contributed by atoms with Gasteiger partial charge in [0.05, 0.1) is 11.4 Å². The zero-order chi connectivity index (χ0) is 11.0. The Labute approximate surface area is 94.1 Å². The van der Waals surface area contributed by atoms with Crippen molar-refractivity contribution in [3.63, 3.8) is 0 Å². The van der Waals surface area contributed by atoms with Gasteiger partial charge in [-0.05, 0) is 35.9 Å². The van der Waals surface area contributed by atoms with Crippen molar-refractivity contribution < 1.29 is 0 Å². The summed E-state index contributed by atoms with van der Waals surface area (Å²) in [6.07, 6.45) is 1.99. The second-order valence-corrected chi connectivity index (χ2v) is 3.93. The van der Waals surface area contributed by atoms with E-state index in [-0.39, 0.29) is 0 Å². The highest BCUT2D eigenvalue weighted by Gasteiger charge is 1.99. The highest BCUT2D eigenvalue weighted by molar-refractivity contribution is 5.84. The SMILES string of the molecule is Cc1ccn(-c2ccc3ccccc3c2)n1. The van der Waals surface area contributed by atoms with Crippen molar-refractivity contribution in [2.45, 2.75) is 6.92 Å². The maximum Gasteiger partial charge on any atom is 0.0652 e. The van der Waals surface area contributed by atoms with Gasteiger partial charge in [0, 0.05) is 6.20 Å². The maximum atomic E-state index is 4.40. The Morgan fingerprint density at radius 2 is 1.75 bits per heavy atom. The van der Waals surface area contributed by atoms with Crippen LogP contribution in [0.2, 0.25) is 0 Å². The molecule has 78 valence electrons. The lowest BCUT2D eigenvalue weighted by molar-refractivity contribution is 0.864. The number of hydrogen-bond donors (Lipinski definition) is 0. The van der Waals surface area contributed by atoms with Crippen LogP contribution in [0.15, 0.2) is 54.7 Å². The van der Waals surface area contributed by atoms with Crippen LogP contribution in [-0.2, 0) is 0 Å². The first kappa shape index (κ1) is 9.16. The Morgan fingerprint density at radius 3 is 2.50 bits per heavy atom. The number of hydrogen-bond acceptors (Lipinski definition) is 1. The Bertz CT molecular complexity index is 638. The van der Waals surface area contributed by atoms with Gasteiger partial charge in [-0.3, -0.25) is 0 Å². The topological polar surface area (TPSA) is 17.8 Å². The average Bonchev–Trinajstić information content (AvgIpc) is 2.75. The lowest BCUT2D eigenvalue weighted by Crippen LogP contribution is -1.94. The van der Waals surface area contributed by atoms with Gasteiger partial charge in [0.25, 0.3) is 0 Å². The molecule has 0 N–H and O–H groups in total. The molecule has 3 rings (SSSR count). The van der Waals surface area contributed by atoms with E-state index in [1.807, 2.05) is 23.9 Å². The molecule has 0 unspecified atom stereocenters. The molecule has 3 aromatic rings. The molecule has 0 aliphatic carbocycles. The number of rotatable bonds is 1. The first-order valence-electron chi connectivity index (χ1n) is 5.34. The molecule has 0 aliphatic heterocycles. The average molecular weight is 208 g/mol. The van der Waals surface area contributed by atoms with E-state index in [1.165, 1.54) is 10.8 Å². The third-order valence-electron chi connectivity index (χ3n) is 2.72. The van der Waals surface area contributed by atoms with Crippen LogP contribution in [0, 0.1) is 6.92 Å². The van der Waals surface area contributed by atoms with Gasteiger partial charge in [-0.25, -0.2) is 4.68 Å². The van der Waals surface area contributed by atoms with Crippen molar-refractivity contribution in [3.05, 3.63) is 60.4 Å². The number of benzene rings is 2. The normalized spacial score (nSPS) is 10.8. The highest BCUT2D eigenvalue weighted by Crippen LogP contribution is 2.17. The van der Waals surface area contributed by atoms with Crippen LogP contribution in [0.4, 0.5) is 0 Å². The standard InChI is InChI=1S/C14H12N2/c1-11-8-9-16(15-11)14-7-6-12-4-2-3-5-13(12)10-14/h2-10H,1H3. The minimum Gasteiger partial charge on any atom is -0.241 e. The minimum absolute atomic E-state index is 1.04. The van der Waals surface area contributed by atoms with Gasteiger partial charge in [-0.15, -0.1) is 0 Å². The van der Waals surface area contributed by atoms with Gasteiger partial charge < -0.3 is 0 Å². The van der Waals surface area contributed by atoms with Crippen LogP contribution in [0.5, 0.6) is 0 Å². The molecule has 0 saturated heterocycles. The highest BCUT2D eigenvalue weighted by atomic mass is 15.3. The van der Waals surface area contributed by atoms with Crippen LogP contribution in [0.1, 0.15) is 5.69 Å². The van der Waals surface area contributed by atoms with E-state index < -0.39 is 0 Å². The van der Waals surface area contributed by atoms with E-state index in [2.05, 4.69) is 47.6 Å². The molecule has 1 aromatic heterocycles. The summed E-state index contributed by atoms with van der Waals surface area (Å²) in [6, 6.07) is 16.7. The van der Waals surface area contributed by atoms with Gasteiger partial charge in [0.2, 0.25) is 0 Å². The van der Waals surface area contributed by atoms with Crippen LogP contribution < -0.4 is 0 Å². The van der Waals surface area contributed by atoms with E-state index >= 15 is 0 Å². The number of nitrogens with zero attached hydrogens (tertiary/aromatic N) is 2. The zero-order valence-electron chi connectivity index (χ0n) is 9.09. The van der Waals surface area contributed by atoms with E-state index in [0.29, 0.717) is 0 Å². The molecule has 16 heavy (non-hydrogen) atoms. The lowest BCUT2D eigenvalue weighted by atomic mass is 10.1. The second-order valence-electron chi connectivity index (χ2n) is 3.93. The van der Waals surface area contributed by atoms with Crippen LogP contribution >= 0.6 is 0 Å². The van der Waals surface area contributed by atoms with E-state index in [9.17, 15) is 0 Å². The Morgan fingerprint density at radius 1 is 0.938 bits per heavy atom. The monoisotopic (exact) mass is 208 g/mol.